The molecule has 2 rings (SSSR count). The Morgan fingerprint density at radius 1 is 1.39 bits per heavy atom. The minimum absolute atomic E-state index is 0.104. The lowest BCUT2D eigenvalue weighted by molar-refractivity contribution is 0.0540. The summed E-state index contributed by atoms with van der Waals surface area (Å²) in [5.74, 6) is -0.213. The first-order valence-electron chi connectivity index (χ1n) is 6.59. The lowest BCUT2D eigenvalue weighted by atomic mass is 9.96. The Labute approximate surface area is 107 Å². The highest BCUT2D eigenvalue weighted by Crippen LogP contribution is 2.29. The molecule has 1 aromatic carbocycles. The van der Waals surface area contributed by atoms with Crippen LogP contribution in [0.2, 0.25) is 0 Å². The van der Waals surface area contributed by atoms with Crippen LogP contribution in [-0.2, 0) is 0 Å². The molecule has 1 saturated heterocycles. The maximum absolute atomic E-state index is 13.9. The molecule has 1 fully saturated rings. The van der Waals surface area contributed by atoms with Crippen molar-refractivity contribution < 1.29 is 9.50 Å². The maximum atomic E-state index is 13.9. The minimum Gasteiger partial charge on any atom is -0.395 e. The molecule has 0 bridgehead atoms. The lowest BCUT2D eigenvalue weighted by Gasteiger charge is -2.40. The Hall–Kier alpha value is -0.970. The van der Waals surface area contributed by atoms with Crippen molar-refractivity contribution in [2.75, 3.05) is 19.7 Å². The molecule has 0 amide bonds. The molecule has 3 nitrogen and oxygen atoms in total. The highest BCUT2D eigenvalue weighted by molar-refractivity contribution is 5.22. The van der Waals surface area contributed by atoms with Gasteiger partial charge in [-0.05, 0) is 25.5 Å². The van der Waals surface area contributed by atoms with Gasteiger partial charge in [0.15, 0.2) is 0 Å². The molecule has 2 unspecified atom stereocenters. The zero-order valence-electron chi connectivity index (χ0n) is 10.6. The van der Waals surface area contributed by atoms with Crippen LogP contribution < -0.4 is 5.73 Å². The number of nitrogens with zero attached hydrogens (tertiary/aromatic N) is 1. The number of nitrogens with two attached hydrogens (primary N) is 1. The summed E-state index contributed by atoms with van der Waals surface area (Å²) in [7, 11) is 0. The number of aliphatic hydroxyl groups excluding tert-OH is 1. The molecule has 0 spiro atoms. The summed E-state index contributed by atoms with van der Waals surface area (Å²) in [6, 6.07) is 6.74. The Kier molecular flexibility index (Phi) is 4.69. The first-order chi connectivity index (χ1) is 8.77. The molecule has 1 aliphatic heterocycles. The van der Waals surface area contributed by atoms with E-state index < -0.39 is 0 Å². The van der Waals surface area contributed by atoms with Crippen molar-refractivity contribution in [3.8, 4) is 0 Å². The van der Waals surface area contributed by atoms with E-state index in [-0.39, 0.29) is 24.5 Å². The number of piperidine rings is 1. The Balaban J connectivity index is 2.24. The van der Waals surface area contributed by atoms with Crippen molar-refractivity contribution in [2.24, 2.45) is 5.73 Å². The van der Waals surface area contributed by atoms with Crippen LogP contribution in [0.1, 0.15) is 30.9 Å². The standard InChI is InChI=1S/C14H21FN2O/c15-13-7-2-1-6-12(13)14(9-16)17-8-4-3-5-11(17)10-18/h1-2,6-7,11,14,18H,3-5,8-10,16H2. The smallest absolute Gasteiger partial charge is 0.128 e. The van der Waals surface area contributed by atoms with E-state index in [4.69, 9.17) is 5.73 Å². The summed E-state index contributed by atoms with van der Waals surface area (Å²) in [5.41, 5.74) is 6.47. The van der Waals surface area contributed by atoms with Gasteiger partial charge in [0.05, 0.1) is 12.6 Å². The predicted molar refractivity (Wildman–Crippen MR) is 69.6 cm³/mol. The molecular weight excluding hydrogens is 231 g/mol. The number of benzene rings is 1. The summed E-state index contributed by atoms with van der Waals surface area (Å²) in [4.78, 5) is 2.15. The first kappa shape index (κ1) is 13.5. The normalized spacial score (nSPS) is 22.9. The molecule has 0 aromatic heterocycles. The SMILES string of the molecule is NCC(c1ccccc1F)N1CCCCC1CO. The van der Waals surface area contributed by atoms with Crippen LogP contribution in [0.4, 0.5) is 4.39 Å². The van der Waals surface area contributed by atoms with Gasteiger partial charge in [0, 0.05) is 18.2 Å². The third kappa shape index (κ3) is 2.71. The number of aliphatic hydroxyl groups is 1. The average molecular weight is 252 g/mol. The second-order valence-corrected chi connectivity index (χ2v) is 4.84. The van der Waals surface area contributed by atoms with Crippen LogP contribution in [0.5, 0.6) is 0 Å². The van der Waals surface area contributed by atoms with Gasteiger partial charge in [-0.2, -0.15) is 0 Å². The van der Waals surface area contributed by atoms with E-state index in [0.29, 0.717) is 12.1 Å². The van der Waals surface area contributed by atoms with Gasteiger partial charge in [-0.1, -0.05) is 24.6 Å². The highest BCUT2D eigenvalue weighted by atomic mass is 19.1. The van der Waals surface area contributed by atoms with E-state index in [9.17, 15) is 9.50 Å². The Bertz CT molecular complexity index is 386. The predicted octanol–water partition coefficient (Wildman–Crippen LogP) is 1.67. The van der Waals surface area contributed by atoms with E-state index in [2.05, 4.69) is 4.90 Å². The first-order valence-corrected chi connectivity index (χ1v) is 6.59. The summed E-state index contributed by atoms with van der Waals surface area (Å²) in [6.07, 6.45) is 3.17. The van der Waals surface area contributed by atoms with Crippen LogP contribution in [-0.4, -0.2) is 35.7 Å². The third-order valence-electron chi connectivity index (χ3n) is 3.77. The summed E-state index contributed by atoms with van der Waals surface area (Å²) >= 11 is 0. The van der Waals surface area contributed by atoms with Crippen LogP contribution in [0.15, 0.2) is 24.3 Å². The molecule has 2 atom stereocenters. The Morgan fingerprint density at radius 3 is 2.83 bits per heavy atom. The van der Waals surface area contributed by atoms with Gasteiger partial charge in [-0.3, -0.25) is 4.90 Å². The number of hydrogen-bond donors (Lipinski definition) is 2. The zero-order chi connectivity index (χ0) is 13.0. The van der Waals surface area contributed by atoms with Gasteiger partial charge in [-0.25, -0.2) is 4.39 Å². The maximum Gasteiger partial charge on any atom is 0.128 e. The monoisotopic (exact) mass is 252 g/mol. The minimum atomic E-state index is -0.213. The Morgan fingerprint density at radius 2 is 2.17 bits per heavy atom. The van der Waals surface area contributed by atoms with Crippen molar-refractivity contribution in [2.45, 2.75) is 31.3 Å². The van der Waals surface area contributed by atoms with Gasteiger partial charge < -0.3 is 10.8 Å². The highest BCUT2D eigenvalue weighted by Gasteiger charge is 2.29. The van der Waals surface area contributed by atoms with Crippen molar-refractivity contribution >= 4 is 0 Å². The third-order valence-corrected chi connectivity index (χ3v) is 3.77. The molecule has 0 saturated carbocycles. The van der Waals surface area contributed by atoms with Gasteiger partial charge in [-0.15, -0.1) is 0 Å². The molecule has 1 heterocycles. The number of hydrogen-bond acceptors (Lipinski definition) is 3. The fraction of sp³-hybridized carbons (Fsp3) is 0.571. The van der Waals surface area contributed by atoms with Crippen LogP contribution >= 0.6 is 0 Å². The molecule has 1 aromatic rings. The molecular formula is C14H21FN2O. The number of halogens is 1. The molecule has 100 valence electrons. The molecule has 1 aliphatic rings. The van der Waals surface area contributed by atoms with Crippen LogP contribution in [0.25, 0.3) is 0 Å². The lowest BCUT2D eigenvalue weighted by Crippen LogP contribution is -2.46. The second kappa shape index (κ2) is 6.27. The molecule has 0 aliphatic carbocycles. The van der Waals surface area contributed by atoms with E-state index >= 15 is 0 Å². The molecule has 3 N–H and O–H groups in total. The fourth-order valence-electron chi connectivity index (χ4n) is 2.82. The molecule has 0 radical (unpaired) electrons. The molecule has 4 heteroatoms. The quantitative estimate of drug-likeness (QED) is 0.857. The van der Waals surface area contributed by atoms with Gasteiger partial charge >= 0.3 is 0 Å². The second-order valence-electron chi connectivity index (χ2n) is 4.84. The summed E-state index contributed by atoms with van der Waals surface area (Å²) < 4.78 is 13.9. The van der Waals surface area contributed by atoms with E-state index in [1.54, 1.807) is 12.1 Å². The van der Waals surface area contributed by atoms with Gasteiger partial charge in [0.25, 0.3) is 0 Å². The average Bonchev–Trinajstić information content (AvgIpc) is 2.42. The summed E-state index contributed by atoms with van der Waals surface area (Å²) in [5, 5.41) is 9.45. The molecule has 18 heavy (non-hydrogen) atoms. The van der Waals surface area contributed by atoms with Gasteiger partial charge in [0.1, 0.15) is 5.82 Å². The van der Waals surface area contributed by atoms with E-state index in [0.717, 1.165) is 25.8 Å². The van der Waals surface area contributed by atoms with E-state index in [1.165, 1.54) is 6.07 Å². The van der Waals surface area contributed by atoms with E-state index in [1.807, 2.05) is 6.07 Å². The van der Waals surface area contributed by atoms with Crippen molar-refractivity contribution in [3.05, 3.63) is 35.6 Å². The van der Waals surface area contributed by atoms with Crippen molar-refractivity contribution in [1.82, 2.24) is 4.90 Å². The zero-order valence-corrected chi connectivity index (χ0v) is 10.6. The topological polar surface area (TPSA) is 49.5 Å². The fourth-order valence-corrected chi connectivity index (χ4v) is 2.82. The summed E-state index contributed by atoms with van der Waals surface area (Å²) in [6.45, 7) is 1.36. The number of rotatable bonds is 4. The van der Waals surface area contributed by atoms with Crippen LogP contribution in [0.3, 0.4) is 0 Å². The largest absolute Gasteiger partial charge is 0.395 e. The van der Waals surface area contributed by atoms with Crippen molar-refractivity contribution in [1.29, 1.82) is 0 Å². The van der Waals surface area contributed by atoms with Gasteiger partial charge in [0.2, 0.25) is 0 Å². The number of likely N-dealkylation sites (tertiary alicyclic amines) is 1. The van der Waals surface area contributed by atoms with Crippen molar-refractivity contribution in [3.63, 3.8) is 0 Å². The van der Waals surface area contributed by atoms with Crippen LogP contribution in [0, 0.1) is 5.82 Å².